The second-order valence-electron chi connectivity index (χ2n) is 7.76. The molecule has 0 bridgehead atoms. The van der Waals surface area contributed by atoms with Crippen LogP contribution in [0.1, 0.15) is 37.7 Å². The summed E-state index contributed by atoms with van der Waals surface area (Å²) in [5.41, 5.74) is 2.88. The number of rotatable bonds is 7. The Balaban J connectivity index is 1.70. The van der Waals surface area contributed by atoms with Crippen LogP contribution in [0.2, 0.25) is 0 Å². The van der Waals surface area contributed by atoms with E-state index in [9.17, 15) is 9.59 Å². The van der Waals surface area contributed by atoms with Crippen LogP contribution in [0.4, 0.5) is 5.69 Å². The molecule has 1 atom stereocenters. The molecule has 4 rings (SSSR count). The van der Waals surface area contributed by atoms with Crippen molar-refractivity contribution in [2.75, 3.05) is 11.9 Å². The summed E-state index contributed by atoms with van der Waals surface area (Å²) >= 11 is 0. The van der Waals surface area contributed by atoms with Crippen molar-refractivity contribution >= 4 is 22.5 Å². The molecule has 1 amide bonds. The summed E-state index contributed by atoms with van der Waals surface area (Å²) in [4.78, 5) is 26.5. The number of anilines is 1. The van der Waals surface area contributed by atoms with Crippen LogP contribution in [0.25, 0.3) is 16.6 Å². The van der Waals surface area contributed by atoms with E-state index in [0.29, 0.717) is 35.3 Å². The van der Waals surface area contributed by atoms with Gasteiger partial charge in [0, 0.05) is 5.69 Å². The molecule has 170 valence electrons. The first-order valence-corrected chi connectivity index (χ1v) is 11.0. The normalized spacial score (nSPS) is 12.0. The average Bonchev–Trinajstić information content (AvgIpc) is 3.17. The minimum atomic E-state index is -0.769. The highest BCUT2D eigenvalue weighted by Crippen LogP contribution is 2.23. The molecule has 2 heterocycles. The Morgan fingerprint density at radius 2 is 1.73 bits per heavy atom. The van der Waals surface area contributed by atoms with Crippen molar-refractivity contribution in [2.24, 2.45) is 0 Å². The third-order valence-electron chi connectivity index (χ3n) is 5.56. The third-order valence-corrected chi connectivity index (χ3v) is 5.56. The number of carbonyl (C=O) groups is 1. The van der Waals surface area contributed by atoms with Crippen LogP contribution in [-0.2, 0) is 4.79 Å². The molecular weight excluding hydrogens is 418 g/mol. The Hall–Kier alpha value is -3.94. The van der Waals surface area contributed by atoms with Crippen molar-refractivity contribution in [2.45, 2.75) is 40.2 Å². The van der Waals surface area contributed by atoms with E-state index in [0.717, 1.165) is 17.1 Å². The number of amides is 1. The minimum Gasteiger partial charge on any atom is -0.494 e. The summed E-state index contributed by atoms with van der Waals surface area (Å²) in [5, 5.41) is 12.7. The fourth-order valence-corrected chi connectivity index (χ4v) is 3.98. The molecule has 2 aromatic heterocycles. The molecule has 0 spiro atoms. The van der Waals surface area contributed by atoms with Crippen LogP contribution < -0.4 is 15.6 Å². The Morgan fingerprint density at radius 1 is 1.03 bits per heavy atom. The Kier molecular flexibility index (Phi) is 6.26. The summed E-state index contributed by atoms with van der Waals surface area (Å²) in [6.07, 6.45) is 0.402. The zero-order valence-electron chi connectivity index (χ0n) is 19.2. The molecule has 0 saturated carbocycles. The van der Waals surface area contributed by atoms with E-state index >= 15 is 0 Å². The van der Waals surface area contributed by atoms with Gasteiger partial charge >= 0.3 is 0 Å². The second-order valence-corrected chi connectivity index (χ2v) is 7.76. The third kappa shape index (κ3) is 4.24. The largest absolute Gasteiger partial charge is 0.494 e. The van der Waals surface area contributed by atoms with Gasteiger partial charge in [-0.2, -0.15) is 10.2 Å². The number of nitrogens with zero attached hydrogens (tertiary/aromatic N) is 4. The molecule has 0 saturated heterocycles. The first-order chi connectivity index (χ1) is 15.9. The summed E-state index contributed by atoms with van der Waals surface area (Å²) in [5.74, 6) is 0.417. The molecule has 0 aliphatic carbocycles. The average molecular weight is 446 g/mol. The zero-order chi connectivity index (χ0) is 23.5. The maximum absolute atomic E-state index is 13.4. The molecule has 1 N–H and O–H groups in total. The van der Waals surface area contributed by atoms with Gasteiger partial charge in [-0.3, -0.25) is 9.59 Å². The molecule has 0 fully saturated rings. The molecule has 4 aromatic rings. The van der Waals surface area contributed by atoms with Crippen LogP contribution >= 0.6 is 0 Å². The Bertz CT molecular complexity index is 1340. The molecule has 0 aliphatic heterocycles. The lowest BCUT2D eigenvalue weighted by Crippen LogP contribution is -2.35. The van der Waals surface area contributed by atoms with Crippen LogP contribution in [-0.4, -0.2) is 32.1 Å². The Morgan fingerprint density at radius 3 is 2.36 bits per heavy atom. The number of para-hydroxylation sites is 1. The van der Waals surface area contributed by atoms with E-state index in [-0.39, 0.29) is 11.5 Å². The van der Waals surface area contributed by atoms with Gasteiger partial charge < -0.3 is 10.1 Å². The maximum Gasteiger partial charge on any atom is 0.295 e. The van der Waals surface area contributed by atoms with E-state index in [2.05, 4.69) is 15.5 Å². The molecule has 1 unspecified atom stereocenters. The van der Waals surface area contributed by atoms with Gasteiger partial charge in [-0.1, -0.05) is 25.1 Å². The fraction of sp³-hybridized carbons (Fsp3) is 0.280. The zero-order valence-corrected chi connectivity index (χ0v) is 19.2. The fourth-order valence-electron chi connectivity index (χ4n) is 3.98. The van der Waals surface area contributed by atoms with Gasteiger partial charge in [-0.15, -0.1) is 0 Å². The summed E-state index contributed by atoms with van der Waals surface area (Å²) in [6.45, 7) is 8.08. The van der Waals surface area contributed by atoms with Crippen LogP contribution in [0.3, 0.4) is 0 Å². The number of hydrogen-bond donors (Lipinski definition) is 1. The number of aromatic nitrogens is 4. The van der Waals surface area contributed by atoms with Gasteiger partial charge in [0.05, 0.1) is 29.1 Å². The lowest BCUT2D eigenvalue weighted by atomic mass is 10.1. The molecule has 0 aliphatic rings. The van der Waals surface area contributed by atoms with Crippen LogP contribution in [0.5, 0.6) is 5.75 Å². The molecule has 8 heteroatoms. The molecule has 33 heavy (non-hydrogen) atoms. The van der Waals surface area contributed by atoms with Crippen LogP contribution in [0, 0.1) is 13.8 Å². The molecule has 0 radical (unpaired) electrons. The summed E-state index contributed by atoms with van der Waals surface area (Å²) in [6, 6.07) is 16.0. The minimum absolute atomic E-state index is 0.302. The van der Waals surface area contributed by atoms with Crippen molar-refractivity contribution < 1.29 is 9.53 Å². The number of nitrogens with one attached hydrogen (secondary N) is 1. The van der Waals surface area contributed by atoms with E-state index < -0.39 is 6.04 Å². The Labute approximate surface area is 191 Å². The van der Waals surface area contributed by atoms with Crippen molar-refractivity contribution in [1.82, 2.24) is 19.6 Å². The maximum atomic E-state index is 13.4. The number of ether oxygens (including phenoxy) is 1. The quantitative estimate of drug-likeness (QED) is 0.461. The van der Waals surface area contributed by atoms with Gasteiger partial charge in [-0.05, 0) is 63.6 Å². The predicted octanol–water partition coefficient (Wildman–Crippen LogP) is 4.19. The smallest absolute Gasteiger partial charge is 0.295 e. The van der Waals surface area contributed by atoms with E-state index in [1.165, 1.54) is 4.68 Å². The van der Waals surface area contributed by atoms with Gasteiger partial charge in [-0.25, -0.2) is 9.36 Å². The van der Waals surface area contributed by atoms with E-state index in [1.807, 2.05) is 58.0 Å². The van der Waals surface area contributed by atoms with Gasteiger partial charge in [0.2, 0.25) is 5.91 Å². The SMILES string of the molecule is CCOc1ccc(NC(=O)C(CC)n2nc(C)c3c(C)n(-c4ccccc4)nc3c2=O)cc1. The van der Waals surface area contributed by atoms with Gasteiger partial charge in [0.1, 0.15) is 11.8 Å². The first kappa shape index (κ1) is 22.3. The number of benzene rings is 2. The molecule has 8 nitrogen and oxygen atoms in total. The number of carbonyl (C=O) groups excluding carboxylic acids is 1. The van der Waals surface area contributed by atoms with E-state index in [1.54, 1.807) is 28.9 Å². The van der Waals surface area contributed by atoms with Crippen molar-refractivity contribution in [1.29, 1.82) is 0 Å². The highest BCUT2D eigenvalue weighted by Gasteiger charge is 2.25. The van der Waals surface area contributed by atoms with Crippen LogP contribution in [0.15, 0.2) is 59.4 Å². The molecular formula is C25H27N5O3. The van der Waals surface area contributed by atoms with Crippen molar-refractivity contribution in [3.05, 3.63) is 76.3 Å². The van der Waals surface area contributed by atoms with E-state index in [4.69, 9.17) is 4.74 Å². The van der Waals surface area contributed by atoms with Gasteiger partial charge in [0.15, 0.2) is 5.52 Å². The second kappa shape index (κ2) is 9.28. The molecule has 2 aromatic carbocycles. The standard InChI is InChI=1S/C25H27N5O3/c1-5-21(24(31)26-18-12-14-20(15-13-18)33-6-2)30-25(32)23-22(16(3)27-30)17(4)29(28-23)19-10-8-7-9-11-19/h7-15,21H,5-6H2,1-4H3,(H,26,31). The predicted molar refractivity (Wildman–Crippen MR) is 128 cm³/mol. The lowest BCUT2D eigenvalue weighted by Gasteiger charge is -2.17. The van der Waals surface area contributed by atoms with Crippen molar-refractivity contribution in [3.63, 3.8) is 0 Å². The van der Waals surface area contributed by atoms with Gasteiger partial charge in [0.25, 0.3) is 5.56 Å². The van der Waals surface area contributed by atoms with Crippen molar-refractivity contribution in [3.8, 4) is 11.4 Å². The topological polar surface area (TPSA) is 91.0 Å². The number of hydrogen-bond acceptors (Lipinski definition) is 5. The monoisotopic (exact) mass is 445 g/mol. The lowest BCUT2D eigenvalue weighted by molar-refractivity contribution is -0.119. The first-order valence-electron chi connectivity index (χ1n) is 11.0. The summed E-state index contributed by atoms with van der Waals surface area (Å²) in [7, 11) is 0. The number of fused-ring (bicyclic) bond motifs is 1. The summed E-state index contributed by atoms with van der Waals surface area (Å²) < 4.78 is 8.44. The highest BCUT2D eigenvalue weighted by atomic mass is 16.5. The number of aryl methyl sites for hydroxylation is 2. The highest BCUT2D eigenvalue weighted by molar-refractivity contribution is 5.94.